The Hall–Kier alpha value is -2.61. The number of nitrogens with zero attached hydrogens (tertiary/aromatic N) is 3. The predicted molar refractivity (Wildman–Crippen MR) is 83.7 cm³/mol. The molecule has 2 heterocycles. The summed E-state index contributed by atoms with van der Waals surface area (Å²) in [5, 5.41) is 3.09. The SMILES string of the molecule is COC(=O)Nc1nc2nc(SCc3ccccc3)ncc2[nH]1. The molecule has 0 aliphatic heterocycles. The first kappa shape index (κ1) is 14.3. The number of rotatable bonds is 4. The van der Waals surface area contributed by atoms with Crippen molar-refractivity contribution in [3.05, 3.63) is 42.1 Å². The van der Waals surface area contributed by atoms with Gasteiger partial charge in [0.05, 0.1) is 13.3 Å². The number of hydrogen-bond donors (Lipinski definition) is 2. The highest BCUT2D eigenvalue weighted by Crippen LogP contribution is 2.21. The molecule has 8 heteroatoms. The molecule has 3 rings (SSSR count). The number of carbonyl (C=O) groups is 1. The average molecular weight is 315 g/mol. The second-order valence-corrected chi connectivity index (χ2v) is 5.31. The van der Waals surface area contributed by atoms with Crippen LogP contribution in [0.25, 0.3) is 11.2 Å². The summed E-state index contributed by atoms with van der Waals surface area (Å²) >= 11 is 1.53. The van der Waals surface area contributed by atoms with Gasteiger partial charge in [-0.2, -0.15) is 4.98 Å². The number of fused-ring (bicyclic) bond motifs is 1. The van der Waals surface area contributed by atoms with E-state index in [1.807, 2.05) is 18.2 Å². The third-order valence-corrected chi connectivity index (χ3v) is 3.77. The van der Waals surface area contributed by atoms with E-state index in [0.717, 1.165) is 5.75 Å². The minimum Gasteiger partial charge on any atom is -0.453 e. The Kier molecular flexibility index (Phi) is 4.19. The second kappa shape index (κ2) is 6.44. The number of aromatic amines is 1. The molecule has 1 amide bonds. The number of ether oxygens (including phenoxy) is 1. The van der Waals surface area contributed by atoms with Gasteiger partial charge in [0.1, 0.15) is 5.52 Å². The molecule has 7 nitrogen and oxygen atoms in total. The zero-order valence-corrected chi connectivity index (χ0v) is 12.6. The van der Waals surface area contributed by atoms with Gasteiger partial charge in [-0.3, -0.25) is 5.32 Å². The van der Waals surface area contributed by atoms with Crippen molar-refractivity contribution in [1.29, 1.82) is 0 Å². The lowest BCUT2D eigenvalue weighted by Gasteiger charge is -1.99. The van der Waals surface area contributed by atoms with E-state index in [4.69, 9.17) is 0 Å². The first-order valence-corrected chi connectivity index (χ1v) is 7.47. The van der Waals surface area contributed by atoms with Gasteiger partial charge in [0.2, 0.25) is 5.95 Å². The van der Waals surface area contributed by atoms with Gasteiger partial charge < -0.3 is 9.72 Å². The lowest BCUT2D eigenvalue weighted by molar-refractivity contribution is 0.186. The molecule has 2 N–H and O–H groups in total. The average Bonchev–Trinajstić information content (AvgIpc) is 2.95. The third kappa shape index (κ3) is 3.34. The molecule has 2 aromatic heterocycles. The summed E-state index contributed by atoms with van der Waals surface area (Å²) in [4.78, 5) is 26.9. The number of anilines is 1. The highest BCUT2D eigenvalue weighted by molar-refractivity contribution is 7.98. The number of thioether (sulfide) groups is 1. The molecule has 0 saturated carbocycles. The summed E-state index contributed by atoms with van der Waals surface area (Å²) < 4.78 is 4.51. The van der Waals surface area contributed by atoms with Crippen LogP contribution in [0.4, 0.5) is 10.7 Å². The van der Waals surface area contributed by atoms with Crippen molar-refractivity contribution in [3.63, 3.8) is 0 Å². The smallest absolute Gasteiger partial charge is 0.413 e. The van der Waals surface area contributed by atoms with Gasteiger partial charge >= 0.3 is 6.09 Å². The maximum Gasteiger partial charge on any atom is 0.413 e. The van der Waals surface area contributed by atoms with E-state index in [-0.39, 0.29) is 5.95 Å². The Morgan fingerprint density at radius 1 is 1.32 bits per heavy atom. The van der Waals surface area contributed by atoms with Crippen molar-refractivity contribution in [2.45, 2.75) is 10.9 Å². The van der Waals surface area contributed by atoms with E-state index >= 15 is 0 Å². The predicted octanol–water partition coefficient (Wildman–Crippen LogP) is 2.82. The quantitative estimate of drug-likeness (QED) is 0.568. The molecule has 0 unspecified atom stereocenters. The molecule has 3 aromatic rings. The van der Waals surface area contributed by atoms with Gasteiger partial charge in [-0.05, 0) is 5.56 Å². The normalized spacial score (nSPS) is 10.6. The number of carbonyl (C=O) groups excluding carboxylic acids is 1. The molecule has 112 valence electrons. The fraction of sp³-hybridized carbons (Fsp3) is 0.143. The molecule has 0 atom stereocenters. The zero-order valence-electron chi connectivity index (χ0n) is 11.7. The van der Waals surface area contributed by atoms with Crippen LogP contribution in [0.2, 0.25) is 0 Å². The van der Waals surface area contributed by atoms with Gasteiger partial charge in [-0.15, -0.1) is 0 Å². The zero-order chi connectivity index (χ0) is 15.4. The topological polar surface area (TPSA) is 92.8 Å². The molecule has 0 aliphatic carbocycles. The van der Waals surface area contributed by atoms with Crippen LogP contribution in [0.15, 0.2) is 41.7 Å². The highest BCUT2D eigenvalue weighted by Gasteiger charge is 2.09. The van der Waals surface area contributed by atoms with Crippen LogP contribution in [0.1, 0.15) is 5.56 Å². The Bertz CT molecular complexity index is 790. The van der Waals surface area contributed by atoms with Gasteiger partial charge in [-0.25, -0.2) is 14.8 Å². The molecular formula is C14H13N5O2S. The van der Waals surface area contributed by atoms with Crippen molar-refractivity contribution in [1.82, 2.24) is 19.9 Å². The Morgan fingerprint density at radius 2 is 2.14 bits per heavy atom. The van der Waals surface area contributed by atoms with Crippen molar-refractivity contribution in [3.8, 4) is 0 Å². The molecule has 0 spiro atoms. The van der Waals surface area contributed by atoms with Crippen LogP contribution < -0.4 is 5.32 Å². The van der Waals surface area contributed by atoms with Gasteiger partial charge in [-0.1, -0.05) is 42.1 Å². The maximum atomic E-state index is 11.2. The Labute approximate surface area is 130 Å². The molecule has 22 heavy (non-hydrogen) atoms. The third-order valence-electron chi connectivity index (χ3n) is 2.83. The highest BCUT2D eigenvalue weighted by atomic mass is 32.2. The van der Waals surface area contributed by atoms with Gasteiger partial charge in [0, 0.05) is 5.75 Å². The number of methoxy groups -OCH3 is 1. The number of H-pyrrole nitrogens is 1. The van der Waals surface area contributed by atoms with E-state index in [0.29, 0.717) is 16.3 Å². The maximum absolute atomic E-state index is 11.2. The number of imidazole rings is 1. The number of benzene rings is 1. The largest absolute Gasteiger partial charge is 0.453 e. The van der Waals surface area contributed by atoms with E-state index in [2.05, 4.69) is 42.1 Å². The summed E-state index contributed by atoms with van der Waals surface area (Å²) in [6, 6.07) is 10.1. The number of nitrogens with one attached hydrogen (secondary N) is 2. The molecule has 1 aromatic carbocycles. The summed E-state index contributed by atoms with van der Waals surface area (Å²) in [5.41, 5.74) is 2.35. The Balaban J connectivity index is 1.73. The van der Waals surface area contributed by atoms with Crippen molar-refractivity contribution in [2.24, 2.45) is 0 Å². The summed E-state index contributed by atoms with van der Waals surface area (Å²) in [6.45, 7) is 0. The molecular weight excluding hydrogens is 302 g/mol. The van der Waals surface area contributed by atoms with Crippen molar-refractivity contribution >= 4 is 35.0 Å². The summed E-state index contributed by atoms with van der Waals surface area (Å²) in [7, 11) is 1.29. The van der Waals surface area contributed by atoms with Crippen LogP contribution in [0, 0.1) is 0 Å². The van der Waals surface area contributed by atoms with Gasteiger partial charge in [0.25, 0.3) is 0 Å². The number of amides is 1. The lowest BCUT2D eigenvalue weighted by Crippen LogP contribution is -2.11. The van der Waals surface area contributed by atoms with Gasteiger partial charge in [0.15, 0.2) is 10.8 Å². The molecule has 0 radical (unpaired) electrons. The van der Waals surface area contributed by atoms with E-state index in [1.54, 1.807) is 6.20 Å². The molecule has 0 fully saturated rings. The summed E-state index contributed by atoms with van der Waals surface area (Å²) in [5.74, 6) is 1.06. The minimum absolute atomic E-state index is 0.279. The van der Waals surface area contributed by atoms with E-state index in [9.17, 15) is 4.79 Å². The van der Waals surface area contributed by atoms with E-state index < -0.39 is 6.09 Å². The van der Waals surface area contributed by atoms with Crippen LogP contribution in [-0.2, 0) is 10.5 Å². The fourth-order valence-corrected chi connectivity index (χ4v) is 2.56. The first-order chi connectivity index (χ1) is 10.7. The van der Waals surface area contributed by atoms with Crippen molar-refractivity contribution < 1.29 is 9.53 Å². The molecule has 0 saturated heterocycles. The standard InChI is InChI=1S/C14H13N5O2S/c1-21-14(20)19-12-16-10-7-15-13(18-11(10)17-12)22-8-9-5-3-2-4-6-9/h2-7H,8H2,1H3,(H2,15,16,17,18,19,20). The number of aromatic nitrogens is 4. The Morgan fingerprint density at radius 3 is 2.91 bits per heavy atom. The van der Waals surface area contributed by atoms with Crippen LogP contribution in [0.3, 0.4) is 0 Å². The van der Waals surface area contributed by atoms with Crippen molar-refractivity contribution in [2.75, 3.05) is 12.4 Å². The van der Waals surface area contributed by atoms with Crippen LogP contribution >= 0.6 is 11.8 Å². The second-order valence-electron chi connectivity index (χ2n) is 4.37. The number of hydrogen-bond acceptors (Lipinski definition) is 6. The molecule has 0 aliphatic rings. The van der Waals surface area contributed by atoms with Crippen LogP contribution in [0.5, 0.6) is 0 Å². The molecule has 0 bridgehead atoms. The monoisotopic (exact) mass is 315 g/mol. The minimum atomic E-state index is -0.592. The van der Waals surface area contributed by atoms with E-state index in [1.165, 1.54) is 24.4 Å². The lowest BCUT2D eigenvalue weighted by atomic mass is 10.2. The summed E-state index contributed by atoms with van der Waals surface area (Å²) in [6.07, 6.45) is 1.05. The van der Waals surface area contributed by atoms with Crippen LogP contribution in [-0.4, -0.2) is 33.1 Å². The first-order valence-electron chi connectivity index (χ1n) is 6.49. The fourth-order valence-electron chi connectivity index (χ4n) is 1.79.